The molecule has 1 aliphatic carbocycles. The summed E-state index contributed by atoms with van der Waals surface area (Å²) >= 11 is 6.12. The third-order valence-electron chi connectivity index (χ3n) is 8.81. The van der Waals surface area contributed by atoms with E-state index in [-0.39, 0.29) is 28.9 Å². The van der Waals surface area contributed by atoms with Crippen molar-refractivity contribution >= 4 is 40.7 Å². The number of aromatic hydroxyl groups is 1. The van der Waals surface area contributed by atoms with Gasteiger partial charge in [-0.1, -0.05) is 56.5 Å². The van der Waals surface area contributed by atoms with Gasteiger partial charge in [-0.15, -0.1) is 6.42 Å². The summed E-state index contributed by atoms with van der Waals surface area (Å²) < 4.78 is 0. The lowest BCUT2D eigenvalue weighted by Gasteiger charge is -2.29. The van der Waals surface area contributed by atoms with Crippen LogP contribution >= 0.6 is 11.6 Å². The monoisotopic (exact) mass is 588 g/mol. The number of carbonyl (C=O) groups is 3. The largest absolute Gasteiger partial charge is 0.508 e. The number of halogens is 1. The molecule has 2 aliphatic rings. The molecule has 7 heteroatoms. The summed E-state index contributed by atoms with van der Waals surface area (Å²) in [6.45, 7) is 6.57. The molecular weight excluding hydrogens is 560 g/mol. The average Bonchev–Trinajstić information content (AvgIpc) is 3.36. The molecular formula is C36H29ClN2O4. The molecule has 0 radical (unpaired) electrons. The second-order valence-electron chi connectivity index (χ2n) is 12.0. The summed E-state index contributed by atoms with van der Waals surface area (Å²) in [5.74, 6) is 1.43. The van der Waals surface area contributed by atoms with Gasteiger partial charge in [-0.2, -0.15) is 0 Å². The molecule has 4 aromatic rings. The zero-order valence-corrected chi connectivity index (χ0v) is 25.0. The number of phenolic OH excluding ortho intramolecular Hbond substituents is 1. The number of benzene rings is 4. The third-order valence-corrected chi connectivity index (χ3v) is 9.05. The number of carbonyl (C=O) groups excluding carboxylic acids is 3. The second-order valence-corrected chi connectivity index (χ2v) is 12.5. The Morgan fingerprint density at radius 3 is 2.30 bits per heavy atom. The van der Waals surface area contributed by atoms with Gasteiger partial charge in [0.15, 0.2) is 0 Å². The van der Waals surface area contributed by atoms with Crippen molar-refractivity contribution in [1.29, 1.82) is 0 Å². The van der Waals surface area contributed by atoms with Gasteiger partial charge in [0.1, 0.15) is 5.75 Å². The Labute approximate surface area is 255 Å². The molecule has 0 saturated heterocycles. The molecule has 1 heterocycles. The number of nitrogens with zero attached hydrogens (tertiary/aromatic N) is 2. The Morgan fingerprint density at radius 1 is 0.907 bits per heavy atom. The first-order valence-corrected chi connectivity index (χ1v) is 14.2. The predicted octanol–water partition coefficient (Wildman–Crippen LogP) is 7.09. The number of hydrogen-bond acceptors (Lipinski definition) is 4. The first-order valence-electron chi connectivity index (χ1n) is 13.9. The van der Waals surface area contributed by atoms with E-state index in [0.29, 0.717) is 38.7 Å². The molecule has 1 unspecified atom stereocenters. The Hall–Kier alpha value is -4.86. The van der Waals surface area contributed by atoms with Gasteiger partial charge in [-0.3, -0.25) is 14.4 Å². The van der Waals surface area contributed by atoms with Gasteiger partial charge < -0.3 is 10.0 Å². The minimum Gasteiger partial charge on any atom is -0.508 e. The topological polar surface area (TPSA) is 77.9 Å². The maximum Gasteiger partial charge on any atom is 0.266 e. The van der Waals surface area contributed by atoms with Crippen LogP contribution in [0, 0.1) is 12.3 Å². The van der Waals surface area contributed by atoms with Crippen molar-refractivity contribution in [1.82, 2.24) is 0 Å². The highest BCUT2D eigenvalue weighted by molar-refractivity contribution is 6.36. The summed E-state index contributed by atoms with van der Waals surface area (Å²) in [5.41, 5.74) is 5.16. The third kappa shape index (κ3) is 4.40. The Bertz CT molecular complexity index is 1900. The van der Waals surface area contributed by atoms with E-state index in [4.69, 9.17) is 18.0 Å². The SMILES string of the molecule is C#Cc1cc(O)ccc1C(=O)N(C)c1ccc(C2(C)CC(C)(C)c3ccc(N4C(=O)c5ccc(Cl)cc5C4=O)cc32)cc1. The van der Waals surface area contributed by atoms with E-state index in [1.165, 1.54) is 34.1 Å². The molecule has 0 fully saturated rings. The number of anilines is 2. The number of hydrogen-bond donors (Lipinski definition) is 1. The lowest BCUT2D eigenvalue weighted by Crippen LogP contribution is -2.30. The van der Waals surface area contributed by atoms with Crippen LogP contribution in [0.4, 0.5) is 11.4 Å². The van der Waals surface area contributed by atoms with E-state index in [1.54, 1.807) is 19.2 Å². The van der Waals surface area contributed by atoms with Crippen LogP contribution in [0.3, 0.4) is 0 Å². The Kier molecular flexibility index (Phi) is 6.48. The summed E-state index contributed by atoms with van der Waals surface area (Å²) in [4.78, 5) is 42.7. The average molecular weight is 589 g/mol. The van der Waals surface area contributed by atoms with Crippen molar-refractivity contribution in [2.75, 3.05) is 16.8 Å². The minimum atomic E-state index is -0.425. The standard InChI is InChI=1S/C36H29ClN2O4/c1-6-21-17-26(40)13-15-27(21)32(41)38(5)24-10-7-22(8-11-24)36(4)20-35(2,3)30-16-12-25(19-31(30)36)39-33(42)28-14-9-23(37)18-29(28)34(39)43/h1,7-19,40H,20H2,2-5H3. The highest BCUT2D eigenvalue weighted by atomic mass is 35.5. The molecule has 3 amide bonds. The van der Waals surface area contributed by atoms with Crippen molar-refractivity contribution in [3.63, 3.8) is 0 Å². The van der Waals surface area contributed by atoms with Crippen LogP contribution in [0.2, 0.25) is 5.02 Å². The van der Waals surface area contributed by atoms with Crippen LogP contribution in [0.5, 0.6) is 5.75 Å². The lowest BCUT2D eigenvalue weighted by molar-refractivity contribution is 0.0924. The molecule has 0 spiro atoms. The summed E-state index contributed by atoms with van der Waals surface area (Å²) in [6.07, 6.45) is 6.39. The van der Waals surface area contributed by atoms with Crippen LogP contribution in [0.15, 0.2) is 78.9 Å². The van der Waals surface area contributed by atoms with Crippen LogP contribution in [-0.2, 0) is 10.8 Å². The number of amides is 3. The quantitative estimate of drug-likeness (QED) is 0.204. The van der Waals surface area contributed by atoms with Gasteiger partial charge in [0.05, 0.1) is 22.4 Å². The van der Waals surface area contributed by atoms with Crippen LogP contribution < -0.4 is 9.80 Å². The molecule has 0 bridgehead atoms. The molecule has 0 saturated carbocycles. The van der Waals surface area contributed by atoms with Crippen molar-refractivity contribution < 1.29 is 19.5 Å². The van der Waals surface area contributed by atoms with Gasteiger partial charge >= 0.3 is 0 Å². The van der Waals surface area contributed by atoms with E-state index >= 15 is 0 Å². The lowest BCUT2D eigenvalue weighted by atomic mass is 9.75. The number of rotatable bonds is 4. The Morgan fingerprint density at radius 2 is 1.60 bits per heavy atom. The number of phenols is 1. The van der Waals surface area contributed by atoms with Crippen LogP contribution in [0.25, 0.3) is 0 Å². The maximum atomic E-state index is 13.3. The van der Waals surface area contributed by atoms with E-state index < -0.39 is 5.41 Å². The fourth-order valence-corrected chi connectivity index (χ4v) is 6.86. The minimum absolute atomic E-state index is 0.0000690. The first kappa shape index (κ1) is 28.3. The van der Waals surface area contributed by atoms with Gasteiger partial charge in [-0.25, -0.2) is 4.90 Å². The number of imide groups is 1. The molecule has 1 N–H and O–H groups in total. The first-order chi connectivity index (χ1) is 20.4. The number of fused-ring (bicyclic) bond motifs is 2. The van der Waals surface area contributed by atoms with Crippen molar-refractivity contribution in [2.24, 2.45) is 0 Å². The van der Waals surface area contributed by atoms with Crippen molar-refractivity contribution in [3.05, 3.63) is 123 Å². The van der Waals surface area contributed by atoms with Crippen LogP contribution in [-0.4, -0.2) is 29.9 Å². The fourth-order valence-electron chi connectivity index (χ4n) is 6.69. The summed E-state index contributed by atoms with van der Waals surface area (Å²) in [6, 6.07) is 22.8. The van der Waals surface area contributed by atoms with E-state index in [2.05, 4.69) is 26.7 Å². The Balaban J connectivity index is 1.35. The van der Waals surface area contributed by atoms with Crippen LogP contribution in [0.1, 0.15) is 80.5 Å². The van der Waals surface area contributed by atoms with E-state index in [9.17, 15) is 19.5 Å². The second kappa shape index (κ2) is 9.86. The molecule has 0 aromatic heterocycles. The molecule has 43 heavy (non-hydrogen) atoms. The highest BCUT2D eigenvalue weighted by Gasteiger charge is 2.47. The molecule has 1 aliphatic heterocycles. The summed E-state index contributed by atoms with van der Waals surface area (Å²) in [7, 11) is 1.68. The fraction of sp³-hybridized carbons (Fsp3) is 0.194. The van der Waals surface area contributed by atoms with E-state index in [0.717, 1.165) is 23.1 Å². The maximum absolute atomic E-state index is 13.3. The highest BCUT2D eigenvalue weighted by Crippen LogP contribution is 2.54. The zero-order valence-electron chi connectivity index (χ0n) is 24.2. The zero-order chi connectivity index (χ0) is 30.8. The molecule has 4 aromatic carbocycles. The molecule has 214 valence electrons. The van der Waals surface area contributed by atoms with Gasteiger partial charge in [-0.05, 0) is 89.2 Å². The molecule has 1 atom stereocenters. The molecule has 6 rings (SSSR count). The van der Waals surface area contributed by atoms with Crippen molar-refractivity contribution in [3.8, 4) is 18.1 Å². The summed E-state index contributed by atoms with van der Waals surface area (Å²) in [5, 5.41) is 10.2. The van der Waals surface area contributed by atoms with Gasteiger partial charge in [0.2, 0.25) is 0 Å². The van der Waals surface area contributed by atoms with Crippen molar-refractivity contribution in [2.45, 2.75) is 38.0 Å². The molecule has 6 nitrogen and oxygen atoms in total. The number of terminal acetylenes is 1. The van der Waals surface area contributed by atoms with E-state index in [1.807, 2.05) is 42.5 Å². The van der Waals surface area contributed by atoms with Gasteiger partial charge in [0.25, 0.3) is 17.7 Å². The normalized spacial score (nSPS) is 18.3. The van der Waals surface area contributed by atoms with Gasteiger partial charge in [0, 0.05) is 28.7 Å². The predicted molar refractivity (Wildman–Crippen MR) is 168 cm³/mol. The smallest absolute Gasteiger partial charge is 0.266 e.